The molecule has 0 heterocycles. The van der Waals surface area contributed by atoms with Crippen molar-refractivity contribution in [1.82, 2.24) is 5.01 Å². The van der Waals surface area contributed by atoms with Crippen LogP contribution in [0.15, 0.2) is 10.3 Å². The van der Waals surface area contributed by atoms with Gasteiger partial charge in [0.25, 0.3) is 0 Å². The first-order valence-corrected chi connectivity index (χ1v) is 5.57. The van der Waals surface area contributed by atoms with E-state index in [0.717, 1.165) is 0 Å². The molecule has 0 spiro atoms. The van der Waals surface area contributed by atoms with Gasteiger partial charge in [-0.05, 0) is 62.3 Å². The number of rotatable bonds is 1. The van der Waals surface area contributed by atoms with Crippen LogP contribution in [-0.4, -0.2) is 21.6 Å². The molecule has 15 heavy (non-hydrogen) atoms. The van der Waals surface area contributed by atoms with Crippen molar-refractivity contribution in [1.29, 1.82) is 0 Å². The fraction of sp³-hybridized carbons (Fsp3) is 1.00. The third-order valence-corrected chi connectivity index (χ3v) is 1.70. The average Bonchev–Trinajstić information content (AvgIpc) is 1.75. The van der Waals surface area contributed by atoms with E-state index >= 15 is 0 Å². The van der Waals surface area contributed by atoms with E-state index < -0.39 is 0 Å². The minimum atomic E-state index is -0.116. The molecule has 0 N–H and O–H groups in total. The van der Waals surface area contributed by atoms with Crippen molar-refractivity contribution >= 4 is 0 Å². The first kappa shape index (κ1) is 14.4. The summed E-state index contributed by atoms with van der Waals surface area (Å²) in [4.78, 5) is 0. The van der Waals surface area contributed by atoms with Crippen LogP contribution in [-0.2, 0) is 0 Å². The van der Waals surface area contributed by atoms with E-state index in [1.165, 1.54) is 0 Å². The van der Waals surface area contributed by atoms with Gasteiger partial charge < -0.3 is 0 Å². The van der Waals surface area contributed by atoms with Crippen molar-refractivity contribution < 1.29 is 0 Å². The van der Waals surface area contributed by atoms with Gasteiger partial charge in [0.1, 0.15) is 0 Å². The van der Waals surface area contributed by atoms with Crippen molar-refractivity contribution in [3.05, 3.63) is 0 Å². The second-order valence-corrected chi connectivity index (χ2v) is 7.01. The van der Waals surface area contributed by atoms with Crippen molar-refractivity contribution in [3.8, 4) is 0 Å². The molecule has 0 unspecified atom stereocenters. The Labute approximate surface area is 94.9 Å². The summed E-state index contributed by atoms with van der Waals surface area (Å²) < 4.78 is 0. The Kier molecular flexibility index (Phi) is 3.94. The monoisotopic (exact) mass is 213 g/mol. The third-order valence-electron chi connectivity index (χ3n) is 1.70. The van der Waals surface area contributed by atoms with E-state index in [2.05, 4.69) is 77.7 Å². The molecule has 0 saturated heterocycles. The normalized spacial score (nSPS) is 14.7. The van der Waals surface area contributed by atoms with Crippen LogP contribution in [0.3, 0.4) is 0 Å². The summed E-state index contributed by atoms with van der Waals surface area (Å²) in [6, 6.07) is 0. The van der Waals surface area contributed by atoms with Crippen LogP contribution in [0.25, 0.3) is 0 Å². The SMILES string of the molecule is CC(C)(C)/N=N\N(C(C)(C)C)C(C)(C)C. The average molecular weight is 213 g/mol. The number of hydrogen-bond acceptors (Lipinski definition) is 2. The lowest BCUT2D eigenvalue weighted by Crippen LogP contribution is -2.49. The van der Waals surface area contributed by atoms with Gasteiger partial charge in [-0.2, -0.15) is 5.11 Å². The fourth-order valence-electron chi connectivity index (χ4n) is 1.45. The smallest absolute Gasteiger partial charge is 0.0753 e. The highest BCUT2D eigenvalue weighted by molar-refractivity contribution is 4.84. The Hall–Kier alpha value is -0.600. The minimum Gasteiger partial charge on any atom is -0.268 e. The molecule has 0 aromatic rings. The molecule has 0 saturated carbocycles. The Morgan fingerprint density at radius 3 is 1.20 bits per heavy atom. The Balaban J connectivity index is 4.94. The molecule has 0 radical (unpaired) electrons. The van der Waals surface area contributed by atoms with Crippen molar-refractivity contribution in [3.63, 3.8) is 0 Å². The maximum absolute atomic E-state index is 4.40. The molecule has 0 fully saturated rings. The molecular weight excluding hydrogens is 186 g/mol. The van der Waals surface area contributed by atoms with E-state index in [0.29, 0.717) is 0 Å². The van der Waals surface area contributed by atoms with Crippen LogP contribution in [0.5, 0.6) is 0 Å². The van der Waals surface area contributed by atoms with Gasteiger partial charge in [-0.15, -0.1) is 0 Å². The van der Waals surface area contributed by atoms with Crippen LogP contribution >= 0.6 is 0 Å². The van der Waals surface area contributed by atoms with Gasteiger partial charge in [0, 0.05) is 0 Å². The van der Waals surface area contributed by atoms with Crippen LogP contribution in [0.2, 0.25) is 0 Å². The summed E-state index contributed by atoms with van der Waals surface area (Å²) in [6.07, 6.45) is 0. The number of nitrogens with zero attached hydrogens (tertiary/aromatic N) is 3. The molecular formula is C12H27N3. The predicted molar refractivity (Wildman–Crippen MR) is 66.0 cm³/mol. The highest BCUT2D eigenvalue weighted by Gasteiger charge is 2.31. The van der Waals surface area contributed by atoms with Gasteiger partial charge in [-0.3, -0.25) is 5.01 Å². The summed E-state index contributed by atoms with van der Waals surface area (Å²) in [7, 11) is 0. The molecule has 0 bridgehead atoms. The minimum absolute atomic E-state index is 0.00694. The second-order valence-electron chi connectivity index (χ2n) is 7.01. The molecule has 0 rings (SSSR count). The van der Waals surface area contributed by atoms with Gasteiger partial charge in [-0.25, -0.2) is 0 Å². The Morgan fingerprint density at radius 2 is 1.00 bits per heavy atom. The molecule has 0 amide bonds. The van der Waals surface area contributed by atoms with Crippen molar-refractivity contribution in [2.45, 2.75) is 78.9 Å². The molecule has 90 valence electrons. The van der Waals surface area contributed by atoms with E-state index in [4.69, 9.17) is 0 Å². The molecule has 3 heteroatoms. The zero-order chi connectivity index (χ0) is 12.5. The summed E-state index contributed by atoms with van der Waals surface area (Å²) >= 11 is 0. The molecule has 3 nitrogen and oxygen atoms in total. The Morgan fingerprint density at radius 1 is 0.667 bits per heavy atom. The zero-order valence-electron chi connectivity index (χ0n) is 11.8. The van der Waals surface area contributed by atoms with Crippen molar-refractivity contribution in [2.24, 2.45) is 10.3 Å². The van der Waals surface area contributed by atoms with E-state index in [1.54, 1.807) is 0 Å². The highest BCUT2D eigenvalue weighted by Crippen LogP contribution is 2.26. The highest BCUT2D eigenvalue weighted by atomic mass is 15.6. The summed E-state index contributed by atoms with van der Waals surface area (Å²) in [6.45, 7) is 19.1. The van der Waals surface area contributed by atoms with E-state index in [-0.39, 0.29) is 16.6 Å². The molecule has 0 aliphatic rings. The maximum Gasteiger partial charge on any atom is 0.0753 e. The van der Waals surface area contributed by atoms with Crippen molar-refractivity contribution in [2.75, 3.05) is 0 Å². The second kappa shape index (κ2) is 4.11. The van der Waals surface area contributed by atoms with Gasteiger partial charge in [0.15, 0.2) is 0 Å². The fourth-order valence-corrected chi connectivity index (χ4v) is 1.45. The number of hydrogen-bond donors (Lipinski definition) is 0. The topological polar surface area (TPSA) is 28.0 Å². The van der Waals surface area contributed by atoms with Crippen LogP contribution < -0.4 is 0 Å². The van der Waals surface area contributed by atoms with E-state index in [1.807, 2.05) is 0 Å². The lowest BCUT2D eigenvalue weighted by Gasteiger charge is -2.42. The van der Waals surface area contributed by atoms with Gasteiger partial charge in [0.2, 0.25) is 0 Å². The molecule has 0 aromatic heterocycles. The molecule has 0 atom stereocenters. The third kappa shape index (κ3) is 5.75. The first-order chi connectivity index (χ1) is 6.34. The Bertz CT molecular complexity index is 209. The van der Waals surface area contributed by atoms with Crippen LogP contribution in [0.1, 0.15) is 62.3 Å². The molecule has 0 aliphatic carbocycles. The summed E-state index contributed by atoms with van der Waals surface area (Å²) in [5.41, 5.74) is -0.130. The van der Waals surface area contributed by atoms with Crippen LogP contribution in [0, 0.1) is 0 Å². The predicted octanol–water partition coefficient (Wildman–Crippen LogP) is 4.05. The lowest BCUT2D eigenvalue weighted by molar-refractivity contribution is 0.0281. The largest absolute Gasteiger partial charge is 0.268 e. The van der Waals surface area contributed by atoms with E-state index in [9.17, 15) is 0 Å². The first-order valence-electron chi connectivity index (χ1n) is 5.57. The lowest BCUT2D eigenvalue weighted by atomic mass is 9.99. The quantitative estimate of drug-likeness (QED) is 0.477. The zero-order valence-corrected chi connectivity index (χ0v) is 11.8. The molecule has 0 aliphatic heterocycles. The van der Waals surface area contributed by atoms with Crippen LogP contribution in [0.4, 0.5) is 0 Å². The summed E-state index contributed by atoms with van der Waals surface area (Å²) in [5.74, 6) is 0. The van der Waals surface area contributed by atoms with Gasteiger partial charge in [0.05, 0.1) is 16.6 Å². The van der Waals surface area contributed by atoms with Gasteiger partial charge in [-0.1, -0.05) is 5.22 Å². The van der Waals surface area contributed by atoms with Gasteiger partial charge >= 0.3 is 0 Å². The summed E-state index contributed by atoms with van der Waals surface area (Å²) in [5, 5.41) is 10.8. The standard InChI is InChI=1S/C12H27N3/c1-10(2,3)13-14-15(11(4,5)6)12(7,8)9/h1-9H3/b14-13-. The maximum atomic E-state index is 4.40. The molecule has 0 aromatic carbocycles.